The van der Waals surface area contributed by atoms with Crippen LogP contribution in [0.4, 0.5) is 0 Å². The molecule has 35 nitrogen and oxygen atoms in total. The van der Waals surface area contributed by atoms with E-state index in [2.05, 4.69) is 52.8 Å². The van der Waals surface area contributed by atoms with Crippen LogP contribution in [0.2, 0.25) is 0 Å². The van der Waals surface area contributed by atoms with Gasteiger partial charge in [-0.15, -0.1) is 0 Å². The Morgan fingerprint density at radius 3 is 1.77 bits per heavy atom. The molecule has 1 aliphatic carbocycles. The normalized spacial score (nSPS) is 19.7. The van der Waals surface area contributed by atoms with Crippen LogP contribution in [-0.4, -0.2) is 217 Å². The number of nitrogens with one attached hydrogen (secondary N) is 10. The minimum Gasteiger partial charge on any atom is -0.504 e. The molecule has 0 aromatic rings. The molecule has 1 saturated heterocycles. The summed E-state index contributed by atoms with van der Waals surface area (Å²) < 4.78 is 0. The SMILES string of the molecule is NC(=O)CCC(NC(=O)C(CCC(N)=O)NC(=O)C(CCCN(O)C=O)NC(=O)C1CCN=C(C(CO)NC(=O)[C@@H]2CCNC3=C(NC(=O)CCC(=O)O)C=C4C=C(O)C(O)=CC4[NH+]32)N1)C(=O)NC(CCCN(O)C=O)C(=O)NCC(=O)O. The van der Waals surface area contributed by atoms with Gasteiger partial charge in [-0.05, 0) is 57.1 Å². The average Bonchev–Trinajstić information content (AvgIpc) is 2.26. The van der Waals surface area contributed by atoms with Crippen molar-refractivity contribution < 1.29 is 103 Å². The van der Waals surface area contributed by atoms with Crippen LogP contribution in [0.25, 0.3) is 0 Å². The third-order valence-electron chi connectivity index (χ3n) is 13.2. The first-order chi connectivity index (χ1) is 39.3. The molecule has 0 saturated carbocycles. The number of aliphatic hydroxyl groups excluding tert-OH is 3. The highest BCUT2D eigenvalue weighted by atomic mass is 16.5. The number of hydroxylamine groups is 4. The molecule has 8 unspecified atom stereocenters. The topological polar surface area (TPSA) is 547 Å². The van der Waals surface area contributed by atoms with Gasteiger partial charge in [-0.25, -0.2) is 10.1 Å². The van der Waals surface area contributed by atoms with Gasteiger partial charge in [0.25, 0.3) is 5.91 Å². The lowest BCUT2D eigenvalue weighted by Gasteiger charge is -2.42. The fourth-order valence-corrected chi connectivity index (χ4v) is 9.04. The Hall–Kier alpha value is -9.22. The number of aliphatic carboxylic acids is 2. The number of fused-ring (bicyclic) bond motifs is 3. The van der Waals surface area contributed by atoms with Gasteiger partial charge in [-0.2, -0.15) is 0 Å². The van der Waals surface area contributed by atoms with Gasteiger partial charge in [0.15, 0.2) is 17.6 Å². The molecule has 0 radical (unpaired) electrons. The summed E-state index contributed by atoms with van der Waals surface area (Å²) in [7, 11) is 0. The second-order valence-electron chi connectivity index (χ2n) is 19.3. The van der Waals surface area contributed by atoms with Gasteiger partial charge in [0.2, 0.25) is 65.9 Å². The molecule has 4 rings (SSSR count). The number of amidine groups is 1. The summed E-state index contributed by atoms with van der Waals surface area (Å²) in [5.41, 5.74) is 11.2. The van der Waals surface area contributed by atoms with Gasteiger partial charge < -0.3 is 84.9 Å². The summed E-state index contributed by atoms with van der Waals surface area (Å²) in [6, 6.07) is -11.0. The van der Waals surface area contributed by atoms with Crippen LogP contribution in [0.3, 0.4) is 0 Å². The van der Waals surface area contributed by atoms with E-state index in [4.69, 9.17) is 21.7 Å². The summed E-state index contributed by atoms with van der Waals surface area (Å²) in [5, 5.41) is 92.6. The average molecular weight is 1180 g/mol. The van der Waals surface area contributed by atoms with Gasteiger partial charge in [0.05, 0.1) is 13.0 Å². The number of hydrogen-bond donors (Lipinski definition) is 19. The molecule has 3 aliphatic heterocycles. The second kappa shape index (κ2) is 32.3. The van der Waals surface area contributed by atoms with Crippen molar-refractivity contribution in [1.29, 1.82) is 0 Å². The number of hydrogen-bond acceptors (Lipinski definition) is 21. The number of carboxylic acid groups (broad SMARTS) is 2. The molecule has 4 aliphatic rings. The molecule has 21 N–H and O–H groups in total. The second-order valence-corrected chi connectivity index (χ2v) is 19.3. The van der Waals surface area contributed by atoms with E-state index in [9.17, 15) is 88.1 Å². The van der Waals surface area contributed by atoms with Crippen molar-refractivity contribution in [2.24, 2.45) is 16.5 Å². The molecule has 0 aromatic carbocycles. The number of nitrogens with two attached hydrogens (primary N) is 2. The lowest BCUT2D eigenvalue weighted by molar-refractivity contribution is -0.900. The van der Waals surface area contributed by atoms with Gasteiger partial charge in [0.1, 0.15) is 60.4 Å². The van der Waals surface area contributed by atoms with E-state index in [1.165, 1.54) is 18.2 Å². The zero-order valence-corrected chi connectivity index (χ0v) is 44.7. The maximum atomic E-state index is 14.3. The molecular weight excluding hydrogens is 1110 g/mol. The molecule has 3 heterocycles. The van der Waals surface area contributed by atoms with Gasteiger partial charge in [0, 0.05) is 63.5 Å². The number of primary amides is 2. The highest BCUT2D eigenvalue weighted by Crippen LogP contribution is 2.24. The predicted octanol–water partition coefficient (Wildman–Crippen LogP) is -8.25. The molecule has 35 heteroatoms. The number of carbonyl (C=O) groups is 13. The third-order valence-corrected chi connectivity index (χ3v) is 13.2. The quantitative estimate of drug-likeness (QED) is 0.0159. The number of carbonyl (C=O) groups excluding carboxylic acids is 11. The summed E-state index contributed by atoms with van der Waals surface area (Å²) in [5.74, 6) is -12.0. The first-order valence-corrected chi connectivity index (χ1v) is 26.1. The van der Waals surface area contributed by atoms with Crippen LogP contribution in [0.5, 0.6) is 0 Å². The molecule has 0 spiro atoms. The molecule has 1 fully saturated rings. The largest absolute Gasteiger partial charge is 0.504 e. The molecule has 11 amide bonds. The number of aliphatic hydroxyl groups is 3. The van der Waals surface area contributed by atoms with Crippen LogP contribution >= 0.6 is 0 Å². The Labute approximate surface area is 471 Å². The summed E-state index contributed by atoms with van der Waals surface area (Å²) >= 11 is 0. The maximum Gasteiger partial charge on any atom is 0.322 e. The number of carboxylic acids is 2. The standard InChI is InChI=1S/C48H69N15O20/c49-36(69)7-5-27(45(78)56-25(3-1-15-61(82)22-65)43(76)53-20-40(74)75)59-46(79)28(6-8-37(50)70)58-44(77)26(4-2-16-62(83)23-66)57-47(80)29-11-13-51-41(55-29)31(21-64)60-48(81)32-12-14-52-42-30(54-38(71)9-10-39(72)73)17-24-18-34(67)35(68)19-33(24)63(32)42/h17-19,22-23,25-29,31-33,52,64,67-68,82-83H,1-16,20-21H2,(H2,49,69)(H2,50,70)(H,51,55)(H,53,76)(H,54,71)(H,56,78)(H,57,80)(H,58,77)(H,59,79)(H,60,81)(H,72,73)(H,74,75)/p+1/t25?,26?,27?,28?,29?,31?,32-,33?/m0/s1. The summed E-state index contributed by atoms with van der Waals surface area (Å²) in [6.07, 6.45) is 0.367. The molecule has 0 bridgehead atoms. The van der Waals surface area contributed by atoms with Crippen molar-refractivity contribution >= 4 is 83.8 Å². The zero-order valence-electron chi connectivity index (χ0n) is 44.7. The molecule has 456 valence electrons. The van der Waals surface area contributed by atoms with Gasteiger partial charge in [-0.1, -0.05) is 0 Å². The molecule has 9 atom stereocenters. The number of rotatable bonds is 35. The Morgan fingerprint density at radius 2 is 1.25 bits per heavy atom. The Morgan fingerprint density at radius 1 is 0.699 bits per heavy atom. The fraction of sp³-hybridized carbons (Fsp3) is 0.542. The van der Waals surface area contributed by atoms with E-state index in [1.807, 2.05) is 0 Å². The number of quaternary nitrogens is 1. The highest BCUT2D eigenvalue weighted by Gasteiger charge is 2.47. The zero-order chi connectivity index (χ0) is 61.5. The van der Waals surface area contributed by atoms with Gasteiger partial charge in [-0.3, -0.25) is 82.6 Å². The summed E-state index contributed by atoms with van der Waals surface area (Å²) in [6.45, 7) is -2.25. The minimum absolute atomic E-state index is 0.0290. The van der Waals surface area contributed by atoms with E-state index in [1.54, 1.807) is 0 Å². The summed E-state index contributed by atoms with van der Waals surface area (Å²) in [4.78, 5) is 169. The van der Waals surface area contributed by atoms with Crippen molar-refractivity contribution in [2.45, 2.75) is 125 Å². The first kappa shape index (κ1) is 66.3. The van der Waals surface area contributed by atoms with Crippen molar-refractivity contribution in [3.8, 4) is 0 Å². The number of aliphatic imine (C=N–C) groups is 1. The van der Waals surface area contributed by atoms with Crippen LogP contribution in [-0.2, 0) is 62.3 Å². The lowest BCUT2D eigenvalue weighted by Crippen LogP contribution is -3.21. The van der Waals surface area contributed by atoms with Crippen molar-refractivity contribution in [1.82, 2.24) is 58.0 Å². The van der Waals surface area contributed by atoms with Crippen LogP contribution in [0, 0.1) is 0 Å². The number of allylic oxidation sites excluding steroid dienone is 1. The van der Waals surface area contributed by atoms with Crippen molar-refractivity contribution in [3.05, 3.63) is 46.8 Å². The van der Waals surface area contributed by atoms with Gasteiger partial charge >= 0.3 is 11.9 Å². The van der Waals surface area contributed by atoms with E-state index in [0.717, 1.165) is 0 Å². The van der Waals surface area contributed by atoms with E-state index >= 15 is 0 Å². The number of amides is 11. The monoisotopic (exact) mass is 1180 g/mol. The molecule has 83 heavy (non-hydrogen) atoms. The molecule has 0 aromatic heterocycles. The Bertz CT molecular complexity index is 2640. The smallest absolute Gasteiger partial charge is 0.322 e. The van der Waals surface area contributed by atoms with Crippen LogP contribution in [0.15, 0.2) is 51.8 Å². The lowest BCUT2D eigenvalue weighted by atomic mass is 9.90. The highest BCUT2D eigenvalue weighted by molar-refractivity contribution is 5.99. The Kier molecular flexibility index (Phi) is 25.8. The first-order valence-electron chi connectivity index (χ1n) is 26.1. The van der Waals surface area contributed by atoms with Crippen LogP contribution < -0.4 is 64.2 Å². The van der Waals surface area contributed by atoms with E-state index in [0.29, 0.717) is 10.5 Å². The third kappa shape index (κ3) is 20.7. The Balaban J connectivity index is 1.54. The predicted molar refractivity (Wildman–Crippen MR) is 278 cm³/mol. The van der Waals surface area contributed by atoms with Crippen molar-refractivity contribution in [2.75, 3.05) is 39.3 Å². The van der Waals surface area contributed by atoms with E-state index < -0.39 is 170 Å². The number of nitrogens with zero attached hydrogens (tertiary/aromatic N) is 3. The molecular formula is C48H70N15O20+. The fourth-order valence-electron chi connectivity index (χ4n) is 9.04. The van der Waals surface area contributed by atoms with Crippen LogP contribution in [0.1, 0.15) is 77.0 Å². The maximum absolute atomic E-state index is 14.3. The van der Waals surface area contributed by atoms with E-state index in [-0.39, 0.29) is 111 Å². The van der Waals surface area contributed by atoms with Crippen molar-refractivity contribution in [3.63, 3.8) is 0 Å². The minimum atomic E-state index is -1.74.